The molecule has 0 fully saturated rings. The second kappa shape index (κ2) is 7.63. The summed E-state index contributed by atoms with van der Waals surface area (Å²) in [6.45, 7) is 5.56. The molecule has 0 atom stereocenters. The van der Waals surface area contributed by atoms with Crippen LogP contribution in [0.15, 0.2) is 42.6 Å². The van der Waals surface area contributed by atoms with Crippen molar-refractivity contribution in [3.05, 3.63) is 64.3 Å². The quantitative estimate of drug-likeness (QED) is 0.549. The van der Waals surface area contributed by atoms with E-state index in [1.165, 1.54) is 11.1 Å². The number of aromatic nitrogens is 1. The van der Waals surface area contributed by atoms with Crippen LogP contribution >= 0.6 is 11.6 Å². The van der Waals surface area contributed by atoms with Crippen molar-refractivity contribution < 1.29 is 4.74 Å². The van der Waals surface area contributed by atoms with Crippen LogP contribution in [0.2, 0.25) is 5.02 Å². The normalized spacial score (nSPS) is 10.8. The topological polar surface area (TPSA) is 38.0 Å². The first-order valence-corrected chi connectivity index (χ1v) is 8.91. The lowest BCUT2D eigenvalue weighted by Gasteiger charge is -2.10. The summed E-state index contributed by atoms with van der Waals surface area (Å²) < 4.78 is 8.01. The van der Waals surface area contributed by atoms with Gasteiger partial charge in [0.05, 0.1) is 17.7 Å². The number of ether oxygens (including phenoxy) is 1. The highest BCUT2D eigenvalue weighted by molar-refractivity contribution is 6.31. The fourth-order valence-electron chi connectivity index (χ4n) is 3.12. The van der Waals surface area contributed by atoms with Gasteiger partial charge in [-0.1, -0.05) is 36.7 Å². The van der Waals surface area contributed by atoms with E-state index in [-0.39, 0.29) is 0 Å². The van der Waals surface area contributed by atoms with Crippen LogP contribution in [-0.4, -0.2) is 11.2 Å². The molecule has 0 spiro atoms. The highest BCUT2D eigenvalue weighted by Crippen LogP contribution is 2.25. The molecular weight excluding hydrogens is 332 g/mol. The fourth-order valence-corrected chi connectivity index (χ4v) is 3.24. The monoisotopic (exact) mass is 352 g/mol. The van der Waals surface area contributed by atoms with Crippen LogP contribution < -0.4 is 4.74 Å². The van der Waals surface area contributed by atoms with E-state index in [0.29, 0.717) is 6.61 Å². The minimum atomic E-state index is 0.622. The number of hydrogen-bond acceptors (Lipinski definition) is 2. The molecule has 0 amide bonds. The molecule has 128 valence electrons. The summed E-state index contributed by atoms with van der Waals surface area (Å²) in [6.07, 6.45) is 3.78. The standard InChI is InChI=1S/C21H21ClN2O/c1-3-16-6-4-7-19-17(13-23)14-24(21(16)19)10-5-11-25-18-8-9-20(22)15(2)12-18/h4,6-9,12,14H,3,5,10-11H2,1-2H3. The van der Waals surface area contributed by atoms with Gasteiger partial charge < -0.3 is 9.30 Å². The van der Waals surface area contributed by atoms with Crippen molar-refractivity contribution in [3.63, 3.8) is 0 Å². The average Bonchev–Trinajstić information content (AvgIpc) is 2.99. The second-order valence-corrected chi connectivity index (χ2v) is 6.54. The molecule has 25 heavy (non-hydrogen) atoms. The Bertz CT molecular complexity index is 937. The van der Waals surface area contributed by atoms with Crippen molar-refractivity contribution in [1.29, 1.82) is 5.26 Å². The fraction of sp³-hybridized carbons (Fsp3) is 0.286. The first-order valence-electron chi connectivity index (χ1n) is 8.53. The lowest BCUT2D eigenvalue weighted by Crippen LogP contribution is -2.04. The number of hydrogen-bond donors (Lipinski definition) is 0. The van der Waals surface area contributed by atoms with E-state index in [4.69, 9.17) is 16.3 Å². The highest BCUT2D eigenvalue weighted by Gasteiger charge is 2.11. The van der Waals surface area contributed by atoms with Crippen molar-refractivity contribution in [2.24, 2.45) is 0 Å². The number of aryl methyl sites for hydroxylation is 3. The molecule has 4 heteroatoms. The number of rotatable bonds is 6. The minimum absolute atomic E-state index is 0.622. The maximum atomic E-state index is 9.38. The van der Waals surface area contributed by atoms with E-state index in [0.717, 1.165) is 46.7 Å². The molecule has 2 aromatic carbocycles. The van der Waals surface area contributed by atoms with Gasteiger partial charge >= 0.3 is 0 Å². The Morgan fingerprint density at radius 1 is 1.24 bits per heavy atom. The van der Waals surface area contributed by atoms with E-state index >= 15 is 0 Å². The number of nitrogens with zero attached hydrogens (tertiary/aromatic N) is 2. The van der Waals surface area contributed by atoms with Gasteiger partial charge in [-0.3, -0.25) is 0 Å². The van der Waals surface area contributed by atoms with Gasteiger partial charge in [0.1, 0.15) is 11.8 Å². The van der Waals surface area contributed by atoms with Crippen molar-refractivity contribution in [3.8, 4) is 11.8 Å². The molecule has 0 aliphatic carbocycles. The van der Waals surface area contributed by atoms with Crippen LogP contribution in [0, 0.1) is 18.3 Å². The first kappa shape index (κ1) is 17.4. The largest absolute Gasteiger partial charge is 0.494 e. The molecule has 0 aliphatic heterocycles. The Morgan fingerprint density at radius 2 is 2.08 bits per heavy atom. The van der Waals surface area contributed by atoms with Crippen LogP contribution in [-0.2, 0) is 13.0 Å². The summed E-state index contributed by atoms with van der Waals surface area (Å²) >= 11 is 6.04. The molecule has 0 unspecified atom stereocenters. The molecule has 0 saturated heterocycles. The third-order valence-corrected chi connectivity index (χ3v) is 4.85. The van der Waals surface area contributed by atoms with E-state index in [9.17, 15) is 5.26 Å². The molecule has 0 bridgehead atoms. The van der Waals surface area contributed by atoms with Gasteiger partial charge in [-0.2, -0.15) is 5.26 Å². The predicted octanol–water partition coefficient (Wildman–Crippen LogP) is 5.51. The molecular formula is C21H21ClN2O. The molecule has 0 radical (unpaired) electrons. The summed E-state index contributed by atoms with van der Waals surface area (Å²) in [5.41, 5.74) is 4.19. The Labute approximate surface area is 153 Å². The van der Waals surface area contributed by atoms with Gasteiger partial charge in [0, 0.05) is 23.2 Å². The van der Waals surface area contributed by atoms with Crippen LogP contribution in [0.25, 0.3) is 10.9 Å². The number of fused-ring (bicyclic) bond motifs is 1. The summed E-state index contributed by atoms with van der Waals surface area (Å²) in [6, 6.07) is 14.2. The van der Waals surface area contributed by atoms with Crippen molar-refractivity contribution in [2.75, 3.05) is 6.61 Å². The van der Waals surface area contributed by atoms with Crippen molar-refractivity contribution >= 4 is 22.5 Å². The molecule has 1 aromatic heterocycles. The third kappa shape index (κ3) is 3.65. The number of benzene rings is 2. The molecule has 0 saturated carbocycles. The number of halogens is 1. The van der Waals surface area contributed by atoms with Crippen LogP contribution in [0.1, 0.15) is 30.0 Å². The van der Waals surface area contributed by atoms with E-state index in [1.807, 2.05) is 43.5 Å². The van der Waals surface area contributed by atoms with Crippen molar-refractivity contribution in [1.82, 2.24) is 4.57 Å². The smallest absolute Gasteiger partial charge is 0.119 e. The molecule has 0 N–H and O–H groups in total. The second-order valence-electron chi connectivity index (χ2n) is 6.13. The molecule has 3 rings (SSSR count). The van der Waals surface area contributed by atoms with E-state index in [2.05, 4.69) is 23.6 Å². The number of nitriles is 1. The van der Waals surface area contributed by atoms with Crippen LogP contribution in [0.3, 0.4) is 0 Å². The summed E-state index contributed by atoms with van der Waals surface area (Å²) in [7, 11) is 0. The molecule has 1 heterocycles. The Hall–Kier alpha value is -2.44. The molecule has 3 nitrogen and oxygen atoms in total. The van der Waals surface area contributed by atoms with Gasteiger partial charge in [0.25, 0.3) is 0 Å². The number of para-hydroxylation sites is 1. The van der Waals surface area contributed by atoms with Gasteiger partial charge in [-0.05, 0) is 49.1 Å². The summed E-state index contributed by atoms with van der Waals surface area (Å²) in [5.74, 6) is 0.839. The van der Waals surface area contributed by atoms with Crippen LogP contribution in [0.4, 0.5) is 0 Å². The van der Waals surface area contributed by atoms with Crippen molar-refractivity contribution in [2.45, 2.75) is 33.2 Å². The lowest BCUT2D eigenvalue weighted by atomic mass is 10.1. The molecule has 3 aromatic rings. The summed E-state index contributed by atoms with van der Waals surface area (Å²) in [4.78, 5) is 0. The molecule has 0 aliphatic rings. The zero-order valence-electron chi connectivity index (χ0n) is 14.6. The maximum Gasteiger partial charge on any atom is 0.119 e. The average molecular weight is 353 g/mol. The van der Waals surface area contributed by atoms with Gasteiger partial charge in [-0.25, -0.2) is 0 Å². The highest BCUT2D eigenvalue weighted by atomic mass is 35.5. The third-order valence-electron chi connectivity index (χ3n) is 4.42. The van der Waals surface area contributed by atoms with Gasteiger partial charge in [-0.15, -0.1) is 0 Å². The SMILES string of the molecule is CCc1cccc2c(C#N)cn(CCCOc3ccc(Cl)c(C)c3)c12. The maximum absolute atomic E-state index is 9.38. The minimum Gasteiger partial charge on any atom is -0.494 e. The van der Waals surface area contributed by atoms with E-state index in [1.54, 1.807) is 0 Å². The van der Waals surface area contributed by atoms with Crippen LogP contribution in [0.5, 0.6) is 5.75 Å². The zero-order valence-corrected chi connectivity index (χ0v) is 15.3. The zero-order chi connectivity index (χ0) is 17.8. The predicted molar refractivity (Wildman–Crippen MR) is 102 cm³/mol. The Balaban J connectivity index is 1.71. The Kier molecular flexibility index (Phi) is 5.31. The Morgan fingerprint density at radius 3 is 2.80 bits per heavy atom. The van der Waals surface area contributed by atoms with Gasteiger partial charge in [0.15, 0.2) is 0 Å². The van der Waals surface area contributed by atoms with Gasteiger partial charge in [0.2, 0.25) is 0 Å². The summed E-state index contributed by atoms with van der Waals surface area (Å²) in [5, 5.41) is 11.2. The first-order chi connectivity index (χ1) is 12.1. The lowest BCUT2D eigenvalue weighted by molar-refractivity contribution is 0.302. The van der Waals surface area contributed by atoms with E-state index < -0.39 is 0 Å².